The zero-order valence-corrected chi connectivity index (χ0v) is 15.6. The first kappa shape index (κ1) is 19.2. The van der Waals surface area contributed by atoms with Crippen LogP contribution in [0, 0.1) is 16.0 Å². The molecule has 8 nitrogen and oxygen atoms in total. The number of hydrogen-bond acceptors (Lipinski definition) is 6. The number of nitro benzene ring substituents is 1. The van der Waals surface area contributed by atoms with Crippen molar-refractivity contribution in [1.29, 1.82) is 0 Å². The predicted octanol–water partition coefficient (Wildman–Crippen LogP) is 1.47. The minimum atomic E-state index is -3.40. The third kappa shape index (κ3) is 5.00. The van der Waals surface area contributed by atoms with Gasteiger partial charge in [0, 0.05) is 44.9 Å². The van der Waals surface area contributed by atoms with E-state index in [2.05, 4.69) is 4.90 Å². The van der Waals surface area contributed by atoms with Crippen molar-refractivity contribution in [2.45, 2.75) is 18.6 Å². The SMILES string of the molecule is O=[N+]([O-])c1ccc(CS(=O)(=O)N2CCC(CN3CCOCC3)CC2)cc1. The van der Waals surface area contributed by atoms with Crippen LogP contribution in [0.15, 0.2) is 24.3 Å². The first-order chi connectivity index (χ1) is 12.4. The first-order valence-corrected chi connectivity index (χ1v) is 10.6. The van der Waals surface area contributed by atoms with E-state index in [1.165, 1.54) is 24.3 Å². The number of morpholine rings is 1. The van der Waals surface area contributed by atoms with Crippen molar-refractivity contribution in [1.82, 2.24) is 9.21 Å². The van der Waals surface area contributed by atoms with Gasteiger partial charge in [-0.1, -0.05) is 12.1 Å². The average Bonchev–Trinajstić information content (AvgIpc) is 2.63. The van der Waals surface area contributed by atoms with E-state index in [0.29, 0.717) is 24.6 Å². The smallest absolute Gasteiger partial charge is 0.269 e. The Balaban J connectivity index is 1.51. The van der Waals surface area contributed by atoms with E-state index in [9.17, 15) is 18.5 Å². The number of rotatable bonds is 6. The van der Waals surface area contributed by atoms with E-state index >= 15 is 0 Å². The molecule has 0 radical (unpaired) electrons. The highest BCUT2D eigenvalue weighted by Crippen LogP contribution is 2.23. The molecule has 0 aromatic heterocycles. The fourth-order valence-corrected chi connectivity index (χ4v) is 5.10. The van der Waals surface area contributed by atoms with Gasteiger partial charge in [0.2, 0.25) is 10.0 Å². The average molecular weight is 383 g/mol. The van der Waals surface area contributed by atoms with Crippen molar-refractivity contribution in [3.05, 3.63) is 39.9 Å². The number of hydrogen-bond donors (Lipinski definition) is 0. The van der Waals surface area contributed by atoms with E-state index in [-0.39, 0.29) is 11.4 Å². The van der Waals surface area contributed by atoms with Crippen LogP contribution < -0.4 is 0 Å². The van der Waals surface area contributed by atoms with Gasteiger partial charge >= 0.3 is 0 Å². The summed E-state index contributed by atoms with van der Waals surface area (Å²) in [5.74, 6) is 0.415. The summed E-state index contributed by atoms with van der Waals surface area (Å²) in [6, 6.07) is 5.72. The molecule has 1 aromatic carbocycles. The van der Waals surface area contributed by atoms with Crippen molar-refractivity contribution in [3.63, 3.8) is 0 Å². The lowest BCUT2D eigenvalue weighted by Gasteiger charge is -2.35. The van der Waals surface area contributed by atoms with Crippen molar-refractivity contribution in [2.75, 3.05) is 45.9 Å². The summed E-state index contributed by atoms with van der Waals surface area (Å²) in [5.41, 5.74) is 0.543. The quantitative estimate of drug-likeness (QED) is 0.545. The molecule has 1 aromatic rings. The van der Waals surface area contributed by atoms with Crippen LogP contribution in [0.1, 0.15) is 18.4 Å². The number of sulfonamides is 1. The highest BCUT2D eigenvalue weighted by molar-refractivity contribution is 7.88. The lowest BCUT2D eigenvalue weighted by Crippen LogP contribution is -2.44. The van der Waals surface area contributed by atoms with Gasteiger partial charge in [-0.05, 0) is 24.3 Å². The van der Waals surface area contributed by atoms with Crippen LogP contribution in [0.2, 0.25) is 0 Å². The molecule has 0 spiro atoms. The highest BCUT2D eigenvalue weighted by atomic mass is 32.2. The molecule has 3 rings (SSSR count). The van der Waals surface area contributed by atoms with E-state index in [0.717, 1.165) is 45.7 Å². The molecule has 0 bridgehead atoms. The molecule has 0 atom stereocenters. The molecule has 0 N–H and O–H groups in total. The Bertz CT molecular complexity index is 708. The first-order valence-electron chi connectivity index (χ1n) is 8.95. The second-order valence-electron chi connectivity index (χ2n) is 6.94. The van der Waals surface area contributed by atoms with Gasteiger partial charge in [-0.25, -0.2) is 12.7 Å². The van der Waals surface area contributed by atoms with Crippen molar-refractivity contribution >= 4 is 15.7 Å². The summed E-state index contributed by atoms with van der Waals surface area (Å²) in [5, 5.41) is 10.7. The topological polar surface area (TPSA) is 93.0 Å². The zero-order chi connectivity index (χ0) is 18.6. The molecule has 144 valence electrons. The number of benzene rings is 1. The Hall–Kier alpha value is -1.55. The Labute approximate surface area is 153 Å². The normalized spacial score (nSPS) is 20.9. The molecule has 26 heavy (non-hydrogen) atoms. The maximum absolute atomic E-state index is 12.6. The van der Waals surface area contributed by atoms with Crippen molar-refractivity contribution in [2.24, 2.45) is 5.92 Å². The van der Waals surface area contributed by atoms with Crippen molar-refractivity contribution in [3.8, 4) is 0 Å². The van der Waals surface area contributed by atoms with E-state index in [1.54, 1.807) is 4.31 Å². The molecule has 2 aliphatic heterocycles. The monoisotopic (exact) mass is 383 g/mol. The Morgan fingerprint density at radius 1 is 1.08 bits per heavy atom. The van der Waals surface area contributed by atoms with E-state index in [4.69, 9.17) is 4.74 Å². The minimum Gasteiger partial charge on any atom is -0.379 e. The molecule has 2 saturated heterocycles. The second kappa shape index (κ2) is 8.43. The van der Waals surface area contributed by atoms with Gasteiger partial charge in [0.25, 0.3) is 5.69 Å². The maximum Gasteiger partial charge on any atom is 0.269 e. The molecule has 0 aliphatic carbocycles. The highest BCUT2D eigenvalue weighted by Gasteiger charge is 2.29. The molecule has 9 heteroatoms. The lowest BCUT2D eigenvalue weighted by atomic mass is 9.97. The number of nitrogens with zero attached hydrogens (tertiary/aromatic N) is 3. The van der Waals surface area contributed by atoms with E-state index in [1.807, 2.05) is 0 Å². The fraction of sp³-hybridized carbons (Fsp3) is 0.647. The van der Waals surface area contributed by atoms with Gasteiger partial charge in [-0.15, -0.1) is 0 Å². The third-order valence-corrected chi connectivity index (χ3v) is 6.93. The summed E-state index contributed by atoms with van der Waals surface area (Å²) in [6.07, 6.45) is 1.74. The largest absolute Gasteiger partial charge is 0.379 e. The van der Waals surface area contributed by atoms with Gasteiger partial charge < -0.3 is 4.74 Å². The second-order valence-corrected chi connectivity index (χ2v) is 8.90. The molecule has 2 heterocycles. The van der Waals surface area contributed by atoms with Crippen LogP contribution in [0.25, 0.3) is 0 Å². The summed E-state index contributed by atoms with van der Waals surface area (Å²) in [7, 11) is -3.40. The lowest BCUT2D eigenvalue weighted by molar-refractivity contribution is -0.384. The Morgan fingerprint density at radius 2 is 1.69 bits per heavy atom. The molecule has 0 amide bonds. The number of non-ortho nitro benzene ring substituents is 1. The zero-order valence-electron chi connectivity index (χ0n) is 14.7. The van der Waals surface area contributed by atoms with Crippen LogP contribution in [0.4, 0.5) is 5.69 Å². The summed E-state index contributed by atoms with van der Waals surface area (Å²) >= 11 is 0. The van der Waals surface area contributed by atoms with Crippen LogP contribution in [-0.4, -0.2) is 68.5 Å². The van der Waals surface area contributed by atoms with E-state index < -0.39 is 14.9 Å². The molecular weight excluding hydrogens is 358 g/mol. The number of nitro groups is 1. The van der Waals surface area contributed by atoms with Gasteiger partial charge in [0.05, 0.1) is 23.9 Å². The summed E-state index contributed by atoms with van der Waals surface area (Å²) in [4.78, 5) is 12.6. The fourth-order valence-electron chi connectivity index (χ4n) is 3.53. The van der Waals surface area contributed by atoms with Crippen LogP contribution in [0.5, 0.6) is 0 Å². The van der Waals surface area contributed by atoms with Crippen molar-refractivity contribution < 1.29 is 18.1 Å². The summed E-state index contributed by atoms with van der Waals surface area (Å²) < 4.78 is 32.2. The van der Waals surface area contributed by atoms with Gasteiger partial charge in [0.15, 0.2) is 0 Å². The van der Waals surface area contributed by atoms with Gasteiger partial charge in [-0.2, -0.15) is 0 Å². The number of ether oxygens (including phenoxy) is 1. The van der Waals surface area contributed by atoms with Gasteiger partial charge in [0.1, 0.15) is 0 Å². The number of piperidine rings is 1. The Kier molecular flexibility index (Phi) is 6.23. The molecular formula is C17H25N3O5S. The van der Waals surface area contributed by atoms with Crippen LogP contribution >= 0.6 is 0 Å². The molecule has 0 saturated carbocycles. The molecule has 2 aliphatic rings. The molecule has 0 unspecified atom stereocenters. The molecule has 2 fully saturated rings. The third-order valence-electron chi connectivity index (χ3n) is 5.08. The minimum absolute atomic E-state index is 0.0323. The van der Waals surface area contributed by atoms with Gasteiger partial charge in [-0.3, -0.25) is 15.0 Å². The van der Waals surface area contributed by atoms with Crippen LogP contribution in [0.3, 0.4) is 0 Å². The van der Waals surface area contributed by atoms with Crippen LogP contribution in [-0.2, 0) is 20.5 Å². The maximum atomic E-state index is 12.6. The Morgan fingerprint density at radius 3 is 2.27 bits per heavy atom. The predicted molar refractivity (Wildman–Crippen MR) is 97.3 cm³/mol. The standard InChI is InChI=1S/C17H25N3O5S/c21-20(22)17-3-1-16(2-4-17)14-26(23,24)19-7-5-15(6-8-19)13-18-9-11-25-12-10-18/h1-4,15H,5-14H2. The summed E-state index contributed by atoms with van der Waals surface area (Å²) in [6.45, 7) is 5.58.